The van der Waals surface area contributed by atoms with Crippen molar-refractivity contribution in [3.8, 4) is 0 Å². The molecule has 3 rings (SSSR count). The Labute approximate surface area is 113 Å². The van der Waals surface area contributed by atoms with Crippen LogP contribution in [0.15, 0.2) is 42.7 Å². The first-order chi connectivity index (χ1) is 9.33. The molecule has 19 heavy (non-hydrogen) atoms. The van der Waals surface area contributed by atoms with Gasteiger partial charge in [0.25, 0.3) is 0 Å². The minimum Gasteiger partial charge on any atom is -0.399 e. The summed E-state index contributed by atoms with van der Waals surface area (Å²) >= 11 is 0. The van der Waals surface area contributed by atoms with Crippen LogP contribution in [0.3, 0.4) is 0 Å². The summed E-state index contributed by atoms with van der Waals surface area (Å²) in [4.78, 5) is 4.04. The number of aryl methyl sites for hydroxylation is 1. The van der Waals surface area contributed by atoms with Crippen molar-refractivity contribution in [3.05, 3.63) is 59.4 Å². The Morgan fingerprint density at radius 3 is 2.89 bits per heavy atom. The molecule has 98 valence electrons. The Morgan fingerprint density at radius 1 is 1.21 bits per heavy atom. The molecule has 1 atom stereocenters. The molecular formula is C16H19N3. The van der Waals surface area contributed by atoms with Crippen LogP contribution in [0.4, 0.5) is 5.69 Å². The van der Waals surface area contributed by atoms with Crippen LogP contribution in [0.5, 0.6) is 0 Å². The zero-order valence-electron chi connectivity index (χ0n) is 11.0. The molecule has 0 saturated heterocycles. The molecule has 0 radical (unpaired) electrons. The molecule has 2 aromatic rings. The molecule has 0 saturated carbocycles. The number of pyridine rings is 1. The summed E-state index contributed by atoms with van der Waals surface area (Å²) in [6.45, 7) is 0.999. The molecule has 0 amide bonds. The maximum absolute atomic E-state index is 5.83. The molecule has 0 aliphatic heterocycles. The normalized spacial score (nSPS) is 17.4. The highest BCUT2D eigenvalue weighted by molar-refractivity contribution is 5.47. The van der Waals surface area contributed by atoms with Crippen molar-refractivity contribution >= 4 is 5.69 Å². The van der Waals surface area contributed by atoms with Gasteiger partial charge in [-0.15, -0.1) is 0 Å². The Hall–Kier alpha value is -1.87. The van der Waals surface area contributed by atoms with Gasteiger partial charge in [0.1, 0.15) is 0 Å². The van der Waals surface area contributed by atoms with Crippen LogP contribution in [0, 0.1) is 0 Å². The Bertz CT molecular complexity index is 551. The number of nitrogens with one attached hydrogen (secondary N) is 1. The predicted molar refractivity (Wildman–Crippen MR) is 77.9 cm³/mol. The maximum Gasteiger partial charge on any atom is 0.0326 e. The Morgan fingerprint density at radius 2 is 2.05 bits per heavy atom. The minimum absolute atomic E-state index is 0.484. The van der Waals surface area contributed by atoms with Gasteiger partial charge in [0, 0.05) is 24.1 Å². The molecule has 3 nitrogen and oxygen atoms in total. The molecule has 0 fully saturated rings. The average Bonchev–Trinajstić information content (AvgIpc) is 2.82. The standard InChI is InChI=1S/C16H19N3/c17-14-2-3-15-13(11-14)1-4-16(15)19-10-7-12-5-8-18-9-6-12/h2-3,5-6,8-9,11,16,19H,1,4,7,10,17H2. The van der Waals surface area contributed by atoms with Gasteiger partial charge in [-0.2, -0.15) is 0 Å². The van der Waals surface area contributed by atoms with Crippen molar-refractivity contribution in [1.29, 1.82) is 0 Å². The summed E-state index contributed by atoms with van der Waals surface area (Å²) in [5.74, 6) is 0. The molecular weight excluding hydrogens is 234 g/mol. The SMILES string of the molecule is Nc1ccc2c(c1)CCC2NCCc1ccncc1. The fourth-order valence-corrected chi connectivity index (χ4v) is 2.79. The van der Waals surface area contributed by atoms with Gasteiger partial charge in [0.2, 0.25) is 0 Å². The largest absolute Gasteiger partial charge is 0.399 e. The monoisotopic (exact) mass is 253 g/mol. The highest BCUT2D eigenvalue weighted by Gasteiger charge is 2.21. The van der Waals surface area contributed by atoms with E-state index in [1.54, 1.807) is 0 Å². The van der Waals surface area contributed by atoms with E-state index in [1.165, 1.54) is 23.1 Å². The number of aromatic nitrogens is 1. The number of hydrogen-bond donors (Lipinski definition) is 2. The first-order valence-electron chi connectivity index (χ1n) is 6.83. The van der Waals surface area contributed by atoms with Gasteiger partial charge in [-0.25, -0.2) is 0 Å². The van der Waals surface area contributed by atoms with Crippen molar-refractivity contribution in [2.75, 3.05) is 12.3 Å². The van der Waals surface area contributed by atoms with Crippen LogP contribution in [-0.4, -0.2) is 11.5 Å². The first kappa shape index (κ1) is 12.2. The molecule has 1 aromatic carbocycles. The Balaban J connectivity index is 1.58. The van der Waals surface area contributed by atoms with E-state index >= 15 is 0 Å². The van der Waals surface area contributed by atoms with E-state index in [-0.39, 0.29) is 0 Å². The lowest BCUT2D eigenvalue weighted by Gasteiger charge is -2.14. The predicted octanol–water partition coefficient (Wildman–Crippen LogP) is 2.48. The van der Waals surface area contributed by atoms with E-state index in [0.29, 0.717) is 6.04 Å². The van der Waals surface area contributed by atoms with Crippen LogP contribution in [0.2, 0.25) is 0 Å². The third-order valence-corrected chi connectivity index (χ3v) is 3.80. The molecule has 0 bridgehead atoms. The van der Waals surface area contributed by atoms with Crippen LogP contribution >= 0.6 is 0 Å². The average molecular weight is 253 g/mol. The first-order valence-corrected chi connectivity index (χ1v) is 6.83. The van der Waals surface area contributed by atoms with E-state index in [1.807, 2.05) is 18.5 Å². The van der Waals surface area contributed by atoms with Crippen LogP contribution in [0.1, 0.15) is 29.2 Å². The summed E-state index contributed by atoms with van der Waals surface area (Å²) in [6, 6.07) is 10.9. The van der Waals surface area contributed by atoms with Gasteiger partial charge in [-0.05, 0) is 66.8 Å². The van der Waals surface area contributed by atoms with Crippen molar-refractivity contribution < 1.29 is 0 Å². The number of nitrogen functional groups attached to an aromatic ring is 1. The van der Waals surface area contributed by atoms with Gasteiger partial charge < -0.3 is 11.1 Å². The molecule has 1 aliphatic rings. The number of hydrogen-bond acceptors (Lipinski definition) is 3. The number of rotatable bonds is 4. The van der Waals surface area contributed by atoms with Gasteiger partial charge in [0.05, 0.1) is 0 Å². The smallest absolute Gasteiger partial charge is 0.0326 e. The Kier molecular flexibility index (Phi) is 3.47. The van der Waals surface area contributed by atoms with Crippen molar-refractivity contribution in [2.24, 2.45) is 0 Å². The minimum atomic E-state index is 0.484. The second-order valence-electron chi connectivity index (χ2n) is 5.11. The summed E-state index contributed by atoms with van der Waals surface area (Å²) in [5.41, 5.74) is 10.9. The topological polar surface area (TPSA) is 50.9 Å². The summed E-state index contributed by atoms with van der Waals surface area (Å²) in [7, 11) is 0. The maximum atomic E-state index is 5.83. The molecule has 0 spiro atoms. The van der Waals surface area contributed by atoms with E-state index in [4.69, 9.17) is 5.73 Å². The van der Waals surface area contributed by atoms with Gasteiger partial charge in [0.15, 0.2) is 0 Å². The molecule has 1 heterocycles. The van der Waals surface area contributed by atoms with Gasteiger partial charge >= 0.3 is 0 Å². The van der Waals surface area contributed by atoms with Crippen LogP contribution in [-0.2, 0) is 12.8 Å². The number of nitrogens with two attached hydrogens (primary N) is 1. The zero-order chi connectivity index (χ0) is 13.1. The van der Waals surface area contributed by atoms with Crippen molar-refractivity contribution in [3.63, 3.8) is 0 Å². The molecule has 1 unspecified atom stereocenters. The second-order valence-corrected chi connectivity index (χ2v) is 5.11. The highest BCUT2D eigenvalue weighted by Crippen LogP contribution is 2.32. The second kappa shape index (κ2) is 5.41. The van der Waals surface area contributed by atoms with Crippen molar-refractivity contribution in [1.82, 2.24) is 10.3 Å². The lowest BCUT2D eigenvalue weighted by molar-refractivity contribution is 0.533. The number of benzene rings is 1. The number of anilines is 1. The molecule has 3 heteroatoms. The lowest BCUT2D eigenvalue weighted by Crippen LogP contribution is -2.21. The van der Waals surface area contributed by atoms with Crippen LogP contribution < -0.4 is 11.1 Å². The third kappa shape index (κ3) is 2.76. The van der Waals surface area contributed by atoms with Gasteiger partial charge in [-0.1, -0.05) is 6.07 Å². The number of fused-ring (bicyclic) bond motifs is 1. The summed E-state index contributed by atoms with van der Waals surface area (Å²) < 4.78 is 0. The summed E-state index contributed by atoms with van der Waals surface area (Å²) in [5, 5.41) is 3.64. The quantitative estimate of drug-likeness (QED) is 0.823. The zero-order valence-corrected chi connectivity index (χ0v) is 11.0. The van der Waals surface area contributed by atoms with Gasteiger partial charge in [-0.3, -0.25) is 4.98 Å². The lowest BCUT2D eigenvalue weighted by atomic mass is 10.1. The van der Waals surface area contributed by atoms with Crippen LogP contribution in [0.25, 0.3) is 0 Å². The van der Waals surface area contributed by atoms with E-state index in [9.17, 15) is 0 Å². The molecule has 1 aromatic heterocycles. The van der Waals surface area contributed by atoms with E-state index < -0.39 is 0 Å². The fourth-order valence-electron chi connectivity index (χ4n) is 2.79. The molecule has 3 N–H and O–H groups in total. The third-order valence-electron chi connectivity index (χ3n) is 3.80. The van der Waals surface area contributed by atoms with Crippen molar-refractivity contribution in [2.45, 2.75) is 25.3 Å². The molecule has 1 aliphatic carbocycles. The fraction of sp³-hybridized carbons (Fsp3) is 0.312. The summed E-state index contributed by atoms with van der Waals surface area (Å²) in [6.07, 6.45) is 7.05. The number of nitrogens with zero attached hydrogens (tertiary/aromatic N) is 1. The van der Waals surface area contributed by atoms with E-state index in [0.717, 1.165) is 25.1 Å². The highest BCUT2D eigenvalue weighted by atomic mass is 14.9. The van der Waals surface area contributed by atoms with E-state index in [2.05, 4.69) is 34.6 Å².